The van der Waals surface area contributed by atoms with Crippen molar-refractivity contribution in [3.63, 3.8) is 0 Å². The van der Waals surface area contributed by atoms with Crippen molar-refractivity contribution in [1.29, 1.82) is 0 Å². The highest BCUT2D eigenvalue weighted by atomic mass is 32.2. The van der Waals surface area contributed by atoms with Gasteiger partial charge in [0.05, 0.1) is 11.4 Å². The first-order valence-corrected chi connectivity index (χ1v) is 16.4. The van der Waals surface area contributed by atoms with E-state index in [1.807, 2.05) is 11.8 Å². The predicted octanol–water partition coefficient (Wildman–Crippen LogP) is 7.33. The van der Waals surface area contributed by atoms with Crippen molar-refractivity contribution in [3.05, 3.63) is 59.1 Å². The summed E-state index contributed by atoms with van der Waals surface area (Å²) in [6.45, 7) is 0.806. The number of allylic oxidation sites excluding steroid dienone is 2. The second-order valence-corrected chi connectivity index (χ2v) is 14.3. The fourth-order valence-corrected chi connectivity index (χ4v) is 8.38. The fourth-order valence-electron chi connectivity index (χ4n) is 7.28. The number of carbonyl (C=O) groups excluding carboxylic acids is 1. The van der Waals surface area contributed by atoms with Gasteiger partial charge in [-0.1, -0.05) is 22.9 Å². The Morgan fingerprint density at radius 3 is 2.60 bits per heavy atom. The normalized spacial score (nSPS) is 22.3. The van der Waals surface area contributed by atoms with E-state index >= 15 is 0 Å². The van der Waals surface area contributed by atoms with Crippen molar-refractivity contribution in [2.45, 2.75) is 76.0 Å². The van der Waals surface area contributed by atoms with Gasteiger partial charge in [0.2, 0.25) is 5.91 Å². The van der Waals surface area contributed by atoms with Crippen molar-refractivity contribution < 1.29 is 9.32 Å². The van der Waals surface area contributed by atoms with Gasteiger partial charge < -0.3 is 9.42 Å². The van der Waals surface area contributed by atoms with Gasteiger partial charge in [0.1, 0.15) is 11.5 Å². The van der Waals surface area contributed by atoms with Gasteiger partial charge >= 0.3 is 0 Å². The number of nitrogens with zero attached hydrogens (tertiary/aromatic N) is 4. The third kappa shape index (κ3) is 4.54. The number of aryl methyl sites for hydroxylation is 1. The third-order valence-electron chi connectivity index (χ3n) is 10.0. The quantitative estimate of drug-likeness (QED) is 0.292. The number of anilines is 1. The van der Waals surface area contributed by atoms with Crippen LogP contribution in [0.4, 0.5) is 5.69 Å². The van der Waals surface area contributed by atoms with Crippen LogP contribution in [0.15, 0.2) is 46.5 Å². The zero-order valence-corrected chi connectivity index (χ0v) is 24.2. The Labute approximate surface area is 240 Å². The lowest BCUT2D eigenvalue weighted by Gasteiger charge is -2.52. The summed E-state index contributed by atoms with van der Waals surface area (Å²) in [6, 6.07) is 12.9. The van der Waals surface area contributed by atoms with Crippen molar-refractivity contribution >= 4 is 28.9 Å². The molecule has 2 aromatic heterocycles. The van der Waals surface area contributed by atoms with E-state index in [4.69, 9.17) is 9.62 Å². The summed E-state index contributed by atoms with van der Waals surface area (Å²) >= 11 is 1.98. The predicted molar refractivity (Wildman–Crippen MR) is 159 cm³/mol. The molecule has 4 fully saturated rings. The van der Waals surface area contributed by atoms with E-state index in [2.05, 4.69) is 58.2 Å². The zero-order valence-electron chi connectivity index (χ0n) is 23.4. The minimum absolute atomic E-state index is 0.124. The Kier molecular flexibility index (Phi) is 6.02. The summed E-state index contributed by atoms with van der Waals surface area (Å²) in [5.41, 5.74) is 8.80. The largest absolute Gasteiger partial charge is 0.360 e. The van der Waals surface area contributed by atoms with Gasteiger partial charge in [-0.25, -0.2) is 0 Å². The molecule has 3 aromatic rings. The van der Waals surface area contributed by atoms with E-state index in [1.54, 1.807) is 5.57 Å². The second-order valence-electron chi connectivity index (χ2n) is 13.0. The minimum atomic E-state index is 0.124. The summed E-state index contributed by atoms with van der Waals surface area (Å²) < 4.78 is 7.77. The van der Waals surface area contributed by atoms with E-state index in [-0.39, 0.29) is 11.3 Å². The minimum Gasteiger partial charge on any atom is -0.360 e. The lowest BCUT2D eigenvalue weighted by atomic mass is 9.56. The van der Waals surface area contributed by atoms with Crippen LogP contribution in [-0.2, 0) is 11.8 Å². The van der Waals surface area contributed by atoms with Gasteiger partial charge in [-0.15, -0.1) is 0 Å². The van der Waals surface area contributed by atoms with Crippen molar-refractivity contribution in [2.24, 2.45) is 18.4 Å². The van der Waals surface area contributed by atoms with Crippen molar-refractivity contribution in [1.82, 2.24) is 14.9 Å². The summed E-state index contributed by atoms with van der Waals surface area (Å²) in [4.78, 5) is 16.3. The molecule has 6 aliphatic rings. The number of rotatable bonds is 8. The van der Waals surface area contributed by atoms with Crippen LogP contribution in [0.1, 0.15) is 93.2 Å². The Balaban J connectivity index is 1.07. The molecule has 2 bridgehead atoms. The number of carbonyl (C=O) groups is 1. The van der Waals surface area contributed by atoms with Crippen molar-refractivity contribution in [3.8, 4) is 11.3 Å². The summed E-state index contributed by atoms with van der Waals surface area (Å²) in [5, 5.41) is 9.23. The molecule has 3 heterocycles. The van der Waals surface area contributed by atoms with Crippen LogP contribution in [0.3, 0.4) is 0 Å². The number of thioether (sulfide) groups is 1. The lowest BCUT2D eigenvalue weighted by molar-refractivity contribution is -0.123. The van der Waals surface area contributed by atoms with E-state index in [0.717, 1.165) is 79.3 Å². The molecule has 3 saturated carbocycles. The Morgan fingerprint density at radius 1 is 1.07 bits per heavy atom. The number of fused-ring (bicyclic) bond motifs is 2. The first-order valence-electron chi connectivity index (χ1n) is 15.3. The molecular formula is C33H38N4O2S. The molecule has 7 heteroatoms. The van der Waals surface area contributed by atoms with E-state index < -0.39 is 0 Å². The molecule has 6 nitrogen and oxygen atoms in total. The van der Waals surface area contributed by atoms with Gasteiger partial charge in [0.25, 0.3) is 0 Å². The second kappa shape index (κ2) is 9.64. The van der Waals surface area contributed by atoms with E-state index in [0.29, 0.717) is 17.7 Å². The zero-order chi connectivity index (χ0) is 26.8. The average Bonchev–Trinajstić information content (AvgIpc) is 3.91. The molecule has 0 radical (unpaired) electrons. The molecule has 208 valence electrons. The molecule has 40 heavy (non-hydrogen) atoms. The average molecular weight is 555 g/mol. The summed E-state index contributed by atoms with van der Waals surface area (Å²) in [5.74, 6) is 4.82. The Bertz CT molecular complexity index is 1480. The summed E-state index contributed by atoms with van der Waals surface area (Å²) in [6.07, 6.45) is 11.4. The van der Waals surface area contributed by atoms with Crippen LogP contribution in [0.5, 0.6) is 0 Å². The van der Waals surface area contributed by atoms with Crippen molar-refractivity contribution in [2.75, 3.05) is 23.0 Å². The van der Waals surface area contributed by atoms with Crippen LogP contribution in [0, 0.1) is 11.3 Å². The van der Waals surface area contributed by atoms with Crippen LogP contribution < -0.4 is 4.90 Å². The molecule has 5 aliphatic carbocycles. The van der Waals surface area contributed by atoms with Crippen LogP contribution in [0.25, 0.3) is 16.8 Å². The number of hydrogen-bond acceptors (Lipinski definition) is 5. The molecule has 0 atom stereocenters. The highest BCUT2D eigenvalue weighted by Crippen LogP contribution is 2.58. The smallest absolute Gasteiger partial charge is 0.230 e. The maximum atomic E-state index is 14.1. The molecule has 0 spiro atoms. The molecule has 1 aromatic carbocycles. The molecule has 9 rings (SSSR count). The van der Waals surface area contributed by atoms with Crippen LogP contribution in [0.2, 0.25) is 0 Å². The molecule has 1 saturated heterocycles. The molecule has 1 aliphatic heterocycles. The van der Waals surface area contributed by atoms with E-state index in [9.17, 15) is 4.79 Å². The summed E-state index contributed by atoms with van der Waals surface area (Å²) in [7, 11) is 2.10. The SMILES string of the molecule is Cn1nc(C2CC2)cc1C1=C2CC(CN(C(=O)C3CCSCC3)c3cccc(-c4cc(C5CC5)on4)c3)(CC1)C2. The number of benzene rings is 1. The first kappa shape index (κ1) is 25.0. The number of amides is 1. The molecule has 0 unspecified atom stereocenters. The first-order chi connectivity index (χ1) is 19.6. The van der Waals surface area contributed by atoms with Gasteiger partial charge in [0, 0.05) is 48.7 Å². The topological polar surface area (TPSA) is 64.2 Å². The maximum absolute atomic E-state index is 14.1. The highest BCUT2D eigenvalue weighted by Gasteiger charge is 2.48. The van der Waals surface area contributed by atoms with Crippen LogP contribution >= 0.6 is 11.8 Å². The van der Waals surface area contributed by atoms with Crippen LogP contribution in [-0.4, -0.2) is 38.9 Å². The number of aromatic nitrogens is 3. The fraction of sp³-hybridized carbons (Fsp3) is 0.545. The Hall–Kier alpha value is -2.80. The molecular weight excluding hydrogens is 516 g/mol. The number of hydrogen-bond donors (Lipinski definition) is 0. The van der Waals surface area contributed by atoms with Gasteiger partial charge in [0.15, 0.2) is 0 Å². The Morgan fingerprint density at radius 2 is 1.88 bits per heavy atom. The molecule has 1 amide bonds. The van der Waals surface area contributed by atoms with Gasteiger partial charge in [-0.2, -0.15) is 16.9 Å². The third-order valence-corrected chi connectivity index (χ3v) is 11.1. The van der Waals surface area contributed by atoms with E-state index in [1.165, 1.54) is 42.6 Å². The lowest BCUT2D eigenvalue weighted by Crippen LogP contribution is -2.49. The highest BCUT2D eigenvalue weighted by molar-refractivity contribution is 7.99. The van der Waals surface area contributed by atoms with Gasteiger partial charge in [-0.3, -0.25) is 9.48 Å². The standard InChI is InChI=1S/C33H38N4O2S/c1-36-30(16-28(34-36)21-5-6-21)27-9-12-33(18-25(27)19-33)20-37(32(38)23-10-13-40-14-11-23)26-4-2-3-24(15-26)29-17-31(39-35-29)22-7-8-22/h2-4,15-17,21-23H,5-14,18-20H2,1H3. The maximum Gasteiger partial charge on any atom is 0.230 e. The van der Waals surface area contributed by atoms with Gasteiger partial charge in [-0.05, 0) is 105 Å². The monoisotopic (exact) mass is 554 g/mol. The molecule has 0 N–H and O–H groups in total.